The zero-order chi connectivity index (χ0) is 13.1. The largest absolute Gasteiger partial charge is 0.495 e. The van der Waals surface area contributed by atoms with Crippen LogP contribution in [0.15, 0.2) is 42.5 Å². The first-order valence-corrected chi connectivity index (χ1v) is 5.49. The lowest BCUT2D eigenvalue weighted by Gasteiger charge is -2.15. The molecule has 0 saturated heterocycles. The molecule has 1 atom stereocenters. The molecule has 0 aromatic heterocycles. The van der Waals surface area contributed by atoms with E-state index in [1.807, 2.05) is 0 Å². The van der Waals surface area contributed by atoms with Crippen LogP contribution in [0.1, 0.15) is 17.2 Å². The van der Waals surface area contributed by atoms with Gasteiger partial charge in [-0.2, -0.15) is 0 Å². The standard InChI is InChI=1S/C14H14FNO2/c1-18-12-7-3-6-11(13(12)16)14(17)9-4-2-5-10(15)8-9/h2-8,14,17H,16H2,1H3. The Morgan fingerprint density at radius 3 is 2.61 bits per heavy atom. The molecule has 0 aliphatic rings. The average molecular weight is 247 g/mol. The van der Waals surface area contributed by atoms with Gasteiger partial charge in [-0.1, -0.05) is 24.3 Å². The van der Waals surface area contributed by atoms with Crippen LogP contribution in [0.5, 0.6) is 5.75 Å². The predicted octanol–water partition coefficient (Wildman–Crippen LogP) is 2.50. The van der Waals surface area contributed by atoms with Crippen molar-refractivity contribution >= 4 is 5.69 Å². The third-order valence-electron chi connectivity index (χ3n) is 2.78. The van der Waals surface area contributed by atoms with E-state index in [4.69, 9.17) is 10.5 Å². The van der Waals surface area contributed by atoms with Gasteiger partial charge in [-0.15, -0.1) is 0 Å². The first-order chi connectivity index (χ1) is 8.63. The summed E-state index contributed by atoms with van der Waals surface area (Å²) >= 11 is 0. The van der Waals surface area contributed by atoms with Crippen LogP contribution in [0.3, 0.4) is 0 Å². The quantitative estimate of drug-likeness (QED) is 0.819. The molecule has 0 spiro atoms. The smallest absolute Gasteiger partial charge is 0.142 e. The molecule has 3 N–H and O–H groups in total. The summed E-state index contributed by atoms with van der Waals surface area (Å²) in [4.78, 5) is 0. The van der Waals surface area contributed by atoms with E-state index in [0.717, 1.165) is 0 Å². The Hall–Kier alpha value is -2.07. The van der Waals surface area contributed by atoms with Gasteiger partial charge >= 0.3 is 0 Å². The number of para-hydroxylation sites is 1. The van der Waals surface area contributed by atoms with Crippen molar-refractivity contribution in [1.82, 2.24) is 0 Å². The fourth-order valence-electron chi connectivity index (χ4n) is 1.83. The molecule has 2 aromatic carbocycles. The molecule has 2 aromatic rings. The molecule has 94 valence electrons. The number of aliphatic hydroxyl groups is 1. The first kappa shape index (κ1) is 12.4. The molecule has 0 aliphatic carbocycles. The fraction of sp³-hybridized carbons (Fsp3) is 0.143. The van der Waals surface area contributed by atoms with E-state index in [9.17, 15) is 9.50 Å². The molecule has 0 saturated carbocycles. The Labute approximate surface area is 105 Å². The van der Waals surface area contributed by atoms with Crippen molar-refractivity contribution in [2.45, 2.75) is 6.10 Å². The number of rotatable bonds is 3. The molecule has 3 nitrogen and oxygen atoms in total. The molecule has 4 heteroatoms. The summed E-state index contributed by atoms with van der Waals surface area (Å²) in [6, 6.07) is 10.9. The minimum absolute atomic E-state index is 0.358. The second-order valence-electron chi connectivity index (χ2n) is 3.92. The highest BCUT2D eigenvalue weighted by Crippen LogP contribution is 2.32. The Morgan fingerprint density at radius 1 is 1.22 bits per heavy atom. The van der Waals surface area contributed by atoms with Crippen molar-refractivity contribution in [2.75, 3.05) is 12.8 Å². The number of benzene rings is 2. The van der Waals surface area contributed by atoms with Crippen LogP contribution < -0.4 is 10.5 Å². The first-order valence-electron chi connectivity index (χ1n) is 5.49. The number of nitrogens with two attached hydrogens (primary N) is 1. The molecule has 0 heterocycles. The Balaban J connectivity index is 2.43. The maximum absolute atomic E-state index is 13.1. The Bertz CT molecular complexity index is 557. The van der Waals surface area contributed by atoms with E-state index in [0.29, 0.717) is 22.6 Å². The Morgan fingerprint density at radius 2 is 1.94 bits per heavy atom. The van der Waals surface area contributed by atoms with Gasteiger partial charge in [0.1, 0.15) is 17.7 Å². The topological polar surface area (TPSA) is 55.5 Å². The van der Waals surface area contributed by atoms with Crippen molar-refractivity contribution in [1.29, 1.82) is 0 Å². The van der Waals surface area contributed by atoms with E-state index in [2.05, 4.69) is 0 Å². The van der Waals surface area contributed by atoms with Gasteiger partial charge in [0, 0.05) is 5.56 Å². The van der Waals surface area contributed by atoms with E-state index in [-0.39, 0.29) is 0 Å². The highest BCUT2D eigenvalue weighted by atomic mass is 19.1. The summed E-state index contributed by atoms with van der Waals surface area (Å²) in [5.74, 6) is 0.0935. The van der Waals surface area contributed by atoms with Crippen LogP contribution in [0, 0.1) is 5.82 Å². The number of ether oxygens (including phenoxy) is 1. The van der Waals surface area contributed by atoms with Crippen molar-refractivity contribution in [3.05, 3.63) is 59.4 Å². The van der Waals surface area contributed by atoms with Crippen LogP contribution in [-0.2, 0) is 0 Å². The zero-order valence-electron chi connectivity index (χ0n) is 9.93. The molecule has 0 fully saturated rings. The van der Waals surface area contributed by atoms with Gasteiger partial charge in [0.15, 0.2) is 0 Å². The van der Waals surface area contributed by atoms with Crippen LogP contribution in [0.25, 0.3) is 0 Å². The van der Waals surface area contributed by atoms with Crippen molar-refractivity contribution in [3.63, 3.8) is 0 Å². The highest BCUT2D eigenvalue weighted by molar-refractivity contribution is 5.60. The third kappa shape index (κ3) is 2.28. The maximum Gasteiger partial charge on any atom is 0.142 e. The van der Waals surface area contributed by atoms with Gasteiger partial charge in [-0.05, 0) is 23.8 Å². The van der Waals surface area contributed by atoms with Crippen molar-refractivity contribution in [2.24, 2.45) is 0 Å². The molecule has 2 rings (SSSR count). The van der Waals surface area contributed by atoms with Gasteiger partial charge < -0.3 is 15.6 Å². The molecule has 1 unspecified atom stereocenters. The number of hydrogen-bond acceptors (Lipinski definition) is 3. The van der Waals surface area contributed by atoms with Gasteiger partial charge in [0.05, 0.1) is 12.8 Å². The molecule has 18 heavy (non-hydrogen) atoms. The second-order valence-corrected chi connectivity index (χ2v) is 3.92. The van der Waals surface area contributed by atoms with Gasteiger partial charge in [-0.3, -0.25) is 0 Å². The zero-order valence-corrected chi connectivity index (χ0v) is 9.93. The highest BCUT2D eigenvalue weighted by Gasteiger charge is 2.16. The minimum atomic E-state index is -0.976. The van der Waals surface area contributed by atoms with Crippen molar-refractivity contribution in [3.8, 4) is 5.75 Å². The molecular weight excluding hydrogens is 233 g/mol. The summed E-state index contributed by atoms with van der Waals surface area (Å²) in [5, 5.41) is 10.2. The van der Waals surface area contributed by atoms with E-state index in [1.165, 1.54) is 19.2 Å². The monoisotopic (exact) mass is 247 g/mol. The molecular formula is C14H14FNO2. The number of methoxy groups -OCH3 is 1. The number of nitrogen functional groups attached to an aromatic ring is 1. The summed E-state index contributed by atoms with van der Waals surface area (Å²) in [6.45, 7) is 0. The number of aliphatic hydroxyl groups excluding tert-OH is 1. The number of anilines is 1. The summed E-state index contributed by atoms with van der Waals surface area (Å²) in [6.07, 6.45) is -0.976. The molecule has 0 bridgehead atoms. The summed E-state index contributed by atoms with van der Waals surface area (Å²) in [5.41, 5.74) is 7.20. The van der Waals surface area contributed by atoms with Gasteiger partial charge in [-0.25, -0.2) is 4.39 Å². The van der Waals surface area contributed by atoms with E-state index < -0.39 is 11.9 Å². The third-order valence-corrected chi connectivity index (χ3v) is 2.78. The predicted molar refractivity (Wildman–Crippen MR) is 67.9 cm³/mol. The average Bonchev–Trinajstić information content (AvgIpc) is 2.38. The Kier molecular flexibility index (Phi) is 3.48. The van der Waals surface area contributed by atoms with Crippen LogP contribution >= 0.6 is 0 Å². The summed E-state index contributed by atoms with van der Waals surface area (Å²) in [7, 11) is 1.50. The SMILES string of the molecule is COc1cccc(C(O)c2cccc(F)c2)c1N. The lowest BCUT2D eigenvalue weighted by atomic mass is 9.99. The number of halogens is 1. The van der Waals surface area contributed by atoms with Gasteiger partial charge in [0.25, 0.3) is 0 Å². The normalized spacial score (nSPS) is 12.2. The molecule has 0 amide bonds. The van der Waals surface area contributed by atoms with E-state index >= 15 is 0 Å². The second kappa shape index (κ2) is 5.06. The van der Waals surface area contributed by atoms with Crippen LogP contribution in [-0.4, -0.2) is 12.2 Å². The van der Waals surface area contributed by atoms with Crippen LogP contribution in [0.2, 0.25) is 0 Å². The fourth-order valence-corrected chi connectivity index (χ4v) is 1.83. The van der Waals surface area contributed by atoms with Gasteiger partial charge in [0.2, 0.25) is 0 Å². The molecule has 0 aliphatic heterocycles. The number of hydrogen-bond donors (Lipinski definition) is 2. The van der Waals surface area contributed by atoms with Crippen molar-refractivity contribution < 1.29 is 14.2 Å². The molecule has 0 radical (unpaired) electrons. The maximum atomic E-state index is 13.1. The summed E-state index contributed by atoms with van der Waals surface area (Å²) < 4.78 is 18.2. The van der Waals surface area contributed by atoms with E-state index in [1.54, 1.807) is 30.3 Å². The lowest BCUT2D eigenvalue weighted by molar-refractivity contribution is 0.220. The lowest BCUT2D eigenvalue weighted by Crippen LogP contribution is -2.05. The minimum Gasteiger partial charge on any atom is -0.495 e. The van der Waals surface area contributed by atoms with Crippen LogP contribution in [0.4, 0.5) is 10.1 Å².